The van der Waals surface area contributed by atoms with Crippen molar-refractivity contribution in [3.05, 3.63) is 35.9 Å². The van der Waals surface area contributed by atoms with Gasteiger partial charge in [-0.3, -0.25) is 9.59 Å². The summed E-state index contributed by atoms with van der Waals surface area (Å²) in [7, 11) is 0. The van der Waals surface area contributed by atoms with Crippen molar-refractivity contribution in [2.45, 2.75) is 79.1 Å². The summed E-state index contributed by atoms with van der Waals surface area (Å²) in [5.74, 6) is -0.724. The monoisotopic (exact) mass is 390 g/mol. The summed E-state index contributed by atoms with van der Waals surface area (Å²) in [6, 6.07) is 9.68. The molecule has 158 valence electrons. The van der Waals surface area contributed by atoms with Crippen LogP contribution in [0.1, 0.15) is 78.2 Å². The molecule has 0 radical (unpaired) electrons. The van der Waals surface area contributed by atoms with E-state index >= 15 is 0 Å². The average molecular weight is 391 g/mol. The van der Waals surface area contributed by atoms with Crippen LogP contribution in [0, 0.1) is 11.3 Å². The van der Waals surface area contributed by atoms with Gasteiger partial charge in [-0.2, -0.15) is 0 Å². The zero-order chi connectivity index (χ0) is 20.8. The molecule has 0 saturated heterocycles. The Labute approximate surface area is 171 Å². The van der Waals surface area contributed by atoms with E-state index in [1.165, 1.54) is 0 Å². The number of rotatable bonds is 14. The van der Waals surface area contributed by atoms with Crippen LogP contribution in [0.15, 0.2) is 30.3 Å². The molecule has 0 aliphatic rings. The normalized spacial score (nSPS) is 11.5. The quantitative estimate of drug-likeness (QED) is 0.231. The third kappa shape index (κ3) is 8.04. The van der Waals surface area contributed by atoms with Crippen molar-refractivity contribution in [1.82, 2.24) is 0 Å². The predicted octanol–water partition coefficient (Wildman–Crippen LogP) is 5.73. The maximum atomic E-state index is 13.2. The van der Waals surface area contributed by atoms with Crippen LogP contribution in [0.2, 0.25) is 0 Å². The van der Waals surface area contributed by atoms with Gasteiger partial charge >= 0.3 is 11.9 Å². The maximum Gasteiger partial charge on any atom is 0.323 e. The molecule has 0 aliphatic carbocycles. The molecule has 4 nitrogen and oxygen atoms in total. The lowest BCUT2D eigenvalue weighted by molar-refractivity contribution is -0.174. The summed E-state index contributed by atoms with van der Waals surface area (Å²) in [6.07, 6.45) is 6.48. The minimum Gasteiger partial charge on any atom is -0.465 e. The molecule has 0 saturated carbocycles. The zero-order valence-electron chi connectivity index (χ0n) is 18.2. The molecular formula is C24H38O4. The highest BCUT2D eigenvalue weighted by Crippen LogP contribution is 2.34. The van der Waals surface area contributed by atoms with Crippen LogP contribution in [-0.2, 0) is 25.5 Å². The molecule has 0 amide bonds. The summed E-state index contributed by atoms with van der Waals surface area (Å²) in [6.45, 7) is 8.96. The topological polar surface area (TPSA) is 52.6 Å². The van der Waals surface area contributed by atoms with Gasteiger partial charge in [0.2, 0.25) is 0 Å². The lowest BCUT2D eigenvalue weighted by Gasteiger charge is -2.31. The molecule has 0 fully saturated rings. The van der Waals surface area contributed by atoms with Crippen molar-refractivity contribution in [2.24, 2.45) is 11.3 Å². The van der Waals surface area contributed by atoms with Gasteiger partial charge in [0.05, 0.1) is 13.2 Å². The Hall–Kier alpha value is -1.84. The van der Waals surface area contributed by atoms with Crippen LogP contribution in [0.3, 0.4) is 0 Å². The minimum atomic E-state index is -1.28. The van der Waals surface area contributed by atoms with E-state index in [-0.39, 0.29) is 5.92 Å². The summed E-state index contributed by atoms with van der Waals surface area (Å²) in [5, 5.41) is 0. The third-order valence-corrected chi connectivity index (χ3v) is 4.85. The van der Waals surface area contributed by atoms with E-state index in [0.717, 1.165) is 44.1 Å². The lowest BCUT2D eigenvalue weighted by Crippen LogP contribution is -2.45. The lowest BCUT2D eigenvalue weighted by atomic mass is 9.75. The van der Waals surface area contributed by atoms with Crippen molar-refractivity contribution in [3.8, 4) is 0 Å². The molecule has 28 heavy (non-hydrogen) atoms. The first-order chi connectivity index (χ1) is 13.5. The van der Waals surface area contributed by atoms with Crippen LogP contribution in [0.25, 0.3) is 0 Å². The van der Waals surface area contributed by atoms with E-state index in [9.17, 15) is 9.59 Å². The first-order valence-corrected chi connectivity index (χ1v) is 10.8. The molecule has 0 N–H and O–H groups in total. The molecule has 0 bridgehead atoms. The Morgan fingerprint density at radius 3 is 1.79 bits per heavy atom. The number of hydrogen-bond donors (Lipinski definition) is 0. The van der Waals surface area contributed by atoms with E-state index in [4.69, 9.17) is 9.47 Å². The molecule has 4 heteroatoms. The van der Waals surface area contributed by atoms with E-state index in [1.54, 1.807) is 0 Å². The van der Waals surface area contributed by atoms with E-state index in [0.29, 0.717) is 26.1 Å². The van der Waals surface area contributed by atoms with Gasteiger partial charge in [-0.1, -0.05) is 83.7 Å². The molecular weight excluding hydrogens is 352 g/mol. The predicted molar refractivity (Wildman–Crippen MR) is 113 cm³/mol. The van der Waals surface area contributed by atoms with Gasteiger partial charge in [0.1, 0.15) is 0 Å². The largest absolute Gasteiger partial charge is 0.465 e. The Bertz CT molecular complexity index is 541. The molecule has 1 aromatic carbocycles. The van der Waals surface area contributed by atoms with Crippen LogP contribution in [0.5, 0.6) is 0 Å². The molecule has 0 aromatic heterocycles. The fourth-order valence-electron chi connectivity index (χ4n) is 3.42. The van der Waals surface area contributed by atoms with Gasteiger partial charge in [0, 0.05) is 0 Å². The van der Waals surface area contributed by atoms with Crippen LogP contribution in [-0.4, -0.2) is 25.2 Å². The van der Waals surface area contributed by atoms with Gasteiger partial charge in [-0.15, -0.1) is 0 Å². The fraction of sp³-hybridized carbons (Fsp3) is 0.667. The number of benzene rings is 1. The van der Waals surface area contributed by atoms with Crippen LogP contribution >= 0.6 is 0 Å². The minimum absolute atomic E-state index is 0.162. The van der Waals surface area contributed by atoms with Crippen molar-refractivity contribution >= 4 is 11.9 Å². The summed E-state index contributed by atoms with van der Waals surface area (Å²) in [4.78, 5) is 26.4. The summed E-state index contributed by atoms with van der Waals surface area (Å²) < 4.78 is 11.2. The van der Waals surface area contributed by atoms with Gasteiger partial charge in [0.15, 0.2) is 5.41 Å². The number of esters is 2. The molecule has 0 atom stereocenters. The Morgan fingerprint density at radius 1 is 0.857 bits per heavy atom. The number of unbranched alkanes of at least 4 members (excludes halogenated alkanes) is 4. The third-order valence-electron chi connectivity index (χ3n) is 4.85. The maximum absolute atomic E-state index is 13.2. The van der Waals surface area contributed by atoms with E-state index in [1.807, 2.05) is 44.2 Å². The van der Waals surface area contributed by atoms with Crippen molar-refractivity contribution in [3.63, 3.8) is 0 Å². The molecule has 0 aliphatic heterocycles. The molecule has 1 rings (SSSR count). The summed E-state index contributed by atoms with van der Waals surface area (Å²) in [5.41, 5.74) is -0.340. The first kappa shape index (κ1) is 24.2. The second-order valence-corrected chi connectivity index (χ2v) is 8.03. The number of hydrogen-bond acceptors (Lipinski definition) is 4. The van der Waals surface area contributed by atoms with Gasteiger partial charge in [-0.25, -0.2) is 0 Å². The fourth-order valence-corrected chi connectivity index (χ4v) is 3.42. The van der Waals surface area contributed by atoms with E-state index < -0.39 is 17.4 Å². The Balaban J connectivity index is 3.06. The molecule has 0 spiro atoms. The first-order valence-electron chi connectivity index (χ1n) is 10.8. The standard InChI is InChI=1S/C24H38O4/c1-5-7-12-16-27-22(25)24(18-20(3)4,19-21-14-10-9-11-15-21)23(26)28-17-13-8-6-2/h9-11,14-15,20H,5-8,12-13,16-19H2,1-4H3. The van der Waals surface area contributed by atoms with Crippen molar-refractivity contribution < 1.29 is 19.1 Å². The zero-order valence-corrected chi connectivity index (χ0v) is 18.2. The smallest absolute Gasteiger partial charge is 0.323 e. The van der Waals surface area contributed by atoms with Crippen LogP contribution < -0.4 is 0 Å². The highest BCUT2D eigenvalue weighted by molar-refractivity contribution is 6.00. The highest BCUT2D eigenvalue weighted by atomic mass is 16.6. The SMILES string of the molecule is CCCCCOC(=O)C(Cc1ccccc1)(CC(C)C)C(=O)OCCCCC. The van der Waals surface area contributed by atoms with Crippen molar-refractivity contribution in [1.29, 1.82) is 0 Å². The van der Waals surface area contributed by atoms with Crippen LogP contribution in [0.4, 0.5) is 0 Å². The van der Waals surface area contributed by atoms with Gasteiger partial charge < -0.3 is 9.47 Å². The number of ether oxygens (including phenoxy) is 2. The molecule has 1 aromatic rings. The number of carbonyl (C=O) groups excluding carboxylic acids is 2. The van der Waals surface area contributed by atoms with Gasteiger partial charge in [-0.05, 0) is 37.2 Å². The number of carbonyl (C=O) groups is 2. The molecule has 0 unspecified atom stereocenters. The second kappa shape index (κ2) is 13.4. The summed E-state index contributed by atoms with van der Waals surface area (Å²) >= 11 is 0. The molecule has 0 heterocycles. The second-order valence-electron chi connectivity index (χ2n) is 8.03. The Morgan fingerprint density at radius 2 is 1.36 bits per heavy atom. The average Bonchev–Trinajstić information content (AvgIpc) is 2.68. The Kier molecular flexibility index (Phi) is 11.5. The van der Waals surface area contributed by atoms with Gasteiger partial charge in [0.25, 0.3) is 0 Å². The highest BCUT2D eigenvalue weighted by Gasteiger charge is 2.49. The van der Waals surface area contributed by atoms with Crippen molar-refractivity contribution in [2.75, 3.05) is 13.2 Å². The van der Waals surface area contributed by atoms with E-state index in [2.05, 4.69) is 13.8 Å².